The van der Waals surface area contributed by atoms with E-state index in [0.717, 1.165) is 0 Å². The van der Waals surface area contributed by atoms with Gasteiger partial charge in [-0.3, -0.25) is 0 Å². The van der Waals surface area contributed by atoms with Crippen molar-refractivity contribution in [3.63, 3.8) is 0 Å². The molecule has 2 aromatic rings. The van der Waals surface area contributed by atoms with Crippen molar-refractivity contribution in [2.24, 2.45) is 0 Å². The Morgan fingerprint density at radius 3 is 2.50 bits per heavy atom. The van der Waals surface area contributed by atoms with Gasteiger partial charge in [0.15, 0.2) is 6.20 Å². The van der Waals surface area contributed by atoms with Crippen LogP contribution in [0.3, 0.4) is 0 Å². The van der Waals surface area contributed by atoms with E-state index in [9.17, 15) is 14.9 Å². The number of rotatable bonds is 4. The highest BCUT2D eigenvalue weighted by Crippen LogP contribution is 2.20. The number of pyridine rings is 1. The van der Waals surface area contributed by atoms with Gasteiger partial charge < -0.3 is 20.5 Å². The van der Waals surface area contributed by atoms with Gasteiger partial charge in [0.25, 0.3) is 0 Å². The Hall–Kier alpha value is -2.96. The van der Waals surface area contributed by atoms with Crippen LogP contribution in [-0.2, 0) is 0 Å². The molecular weight excluding hydrogens is 262 g/mol. The lowest BCUT2D eigenvalue weighted by atomic mass is 10.1. The monoisotopic (exact) mass is 273 g/mol. The number of carbonyl (C=O) groups is 1. The van der Waals surface area contributed by atoms with Gasteiger partial charge in [-0.15, -0.1) is 0 Å². The second-order valence-electron chi connectivity index (χ2n) is 4.12. The van der Waals surface area contributed by atoms with E-state index in [4.69, 9.17) is 5.11 Å². The van der Waals surface area contributed by atoms with Crippen molar-refractivity contribution in [3.8, 4) is 0 Å². The first kappa shape index (κ1) is 13.5. The van der Waals surface area contributed by atoms with Crippen LogP contribution >= 0.6 is 0 Å². The molecule has 20 heavy (non-hydrogen) atoms. The van der Waals surface area contributed by atoms with E-state index >= 15 is 0 Å². The average Bonchev–Trinajstić information content (AvgIpc) is 2.39. The quantitative estimate of drug-likeness (QED) is 0.655. The minimum absolute atomic E-state index is 0.229. The molecule has 1 heterocycles. The molecule has 0 saturated carbocycles. The number of hydrogen-bond acceptors (Lipinski definition) is 5. The molecule has 0 aliphatic heterocycles. The number of aromatic nitrogens is 1. The van der Waals surface area contributed by atoms with Crippen LogP contribution < -0.4 is 5.32 Å². The first-order valence-electron chi connectivity index (χ1n) is 5.69. The molecule has 0 amide bonds. The summed E-state index contributed by atoms with van der Waals surface area (Å²) in [6, 6.07) is 7.63. The maximum atomic E-state index is 10.9. The molecule has 0 bridgehead atoms. The normalized spacial score (nSPS) is 10.1. The maximum Gasteiger partial charge on any atom is 0.363 e. The van der Waals surface area contributed by atoms with Crippen LogP contribution in [-0.4, -0.2) is 21.0 Å². The smallest absolute Gasteiger partial charge is 0.363 e. The number of nitro groups is 1. The van der Waals surface area contributed by atoms with Crippen molar-refractivity contribution >= 4 is 23.2 Å². The molecule has 0 aliphatic carbocycles. The molecule has 0 unspecified atom stereocenters. The fourth-order valence-electron chi connectivity index (χ4n) is 1.72. The molecule has 0 spiro atoms. The van der Waals surface area contributed by atoms with Crippen LogP contribution in [0.2, 0.25) is 0 Å². The zero-order valence-electron chi connectivity index (χ0n) is 10.5. The summed E-state index contributed by atoms with van der Waals surface area (Å²) < 4.78 is 0. The molecule has 7 heteroatoms. The molecule has 1 aromatic heterocycles. The third-order valence-corrected chi connectivity index (χ3v) is 2.68. The zero-order chi connectivity index (χ0) is 14.7. The summed E-state index contributed by atoms with van der Waals surface area (Å²) in [7, 11) is 0. The number of nitrogens with zero attached hydrogens (tertiary/aromatic N) is 2. The van der Waals surface area contributed by atoms with Gasteiger partial charge in [0.1, 0.15) is 0 Å². The second-order valence-corrected chi connectivity index (χ2v) is 4.12. The fourth-order valence-corrected chi connectivity index (χ4v) is 1.72. The average molecular weight is 273 g/mol. The van der Waals surface area contributed by atoms with E-state index in [0.29, 0.717) is 16.9 Å². The maximum absolute atomic E-state index is 10.9. The van der Waals surface area contributed by atoms with Crippen LogP contribution in [0.4, 0.5) is 17.2 Å². The van der Waals surface area contributed by atoms with E-state index in [1.54, 1.807) is 19.1 Å². The van der Waals surface area contributed by atoms with Crippen LogP contribution in [0.15, 0.2) is 36.5 Å². The van der Waals surface area contributed by atoms with Crippen molar-refractivity contribution in [3.05, 3.63) is 57.8 Å². The predicted molar refractivity (Wildman–Crippen MR) is 72.3 cm³/mol. The number of hydrogen-bond donors (Lipinski definition) is 2. The van der Waals surface area contributed by atoms with E-state index in [1.165, 1.54) is 24.4 Å². The fraction of sp³-hybridized carbons (Fsp3) is 0.0769. The number of nitrogens with one attached hydrogen (secondary N) is 1. The molecule has 2 N–H and O–H groups in total. The Balaban J connectivity index is 2.19. The Kier molecular flexibility index (Phi) is 3.60. The number of carboxylic acid groups (broad SMARTS) is 1. The summed E-state index contributed by atoms with van der Waals surface area (Å²) in [6.45, 7) is 1.70. The minimum Gasteiger partial charge on any atom is -0.478 e. The summed E-state index contributed by atoms with van der Waals surface area (Å²) in [4.78, 5) is 24.5. The van der Waals surface area contributed by atoms with Crippen molar-refractivity contribution in [2.75, 3.05) is 5.32 Å². The number of aryl methyl sites for hydroxylation is 1. The highest BCUT2D eigenvalue weighted by Gasteiger charge is 2.09. The van der Waals surface area contributed by atoms with Gasteiger partial charge in [-0.2, -0.15) is 0 Å². The van der Waals surface area contributed by atoms with E-state index < -0.39 is 10.9 Å². The lowest BCUT2D eigenvalue weighted by Gasteiger charge is -2.07. The summed E-state index contributed by atoms with van der Waals surface area (Å²) in [5.74, 6) is -1.21. The standard InChI is InChI=1S/C13H11N3O4/c1-8-6-9(2-4-11(8)13(17)18)15-10-3-5-12(14-7-10)16(19)20/h2-7,15H,1H3,(H,17,18). The number of carboxylic acids is 1. The molecule has 1 aromatic carbocycles. The summed E-state index contributed by atoms with van der Waals surface area (Å²) in [5, 5.41) is 22.4. The molecule has 0 radical (unpaired) electrons. The lowest BCUT2D eigenvalue weighted by Crippen LogP contribution is -2.00. The Morgan fingerprint density at radius 1 is 1.30 bits per heavy atom. The molecule has 0 saturated heterocycles. The largest absolute Gasteiger partial charge is 0.478 e. The van der Waals surface area contributed by atoms with Crippen molar-refractivity contribution in [2.45, 2.75) is 6.92 Å². The van der Waals surface area contributed by atoms with Gasteiger partial charge in [0, 0.05) is 11.8 Å². The second kappa shape index (κ2) is 5.35. The summed E-state index contributed by atoms with van der Waals surface area (Å²) in [5.41, 5.74) is 2.12. The number of aromatic carboxylic acids is 1. The van der Waals surface area contributed by atoms with Crippen molar-refractivity contribution < 1.29 is 14.8 Å². The van der Waals surface area contributed by atoms with Gasteiger partial charge in [-0.25, -0.2) is 4.79 Å². The van der Waals surface area contributed by atoms with Gasteiger partial charge in [0.05, 0.1) is 11.3 Å². The van der Waals surface area contributed by atoms with E-state index in [-0.39, 0.29) is 11.4 Å². The zero-order valence-corrected chi connectivity index (χ0v) is 10.5. The Morgan fingerprint density at radius 2 is 2.00 bits per heavy atom. The van der Waals surface area contributed by atoms with Crippen LogP contribution in [0.5, 0.6) is 0 Å². The molecular formula is C13H11N3O4. The SMILES string of the molecule is Cc1cc(Nc2ccc([N+](=O)[O-])nc2)ccc1C(=O)O. The lowest BCUT2D eigenvalue weighted by molar-refractivity contribution is -0.389. The predicted octanol–water partition coefficient (Wildman–Crippen LogP) is 2.74. The van der Waals surface area contributed by atoms with E-state index in [2.05, 4.69) is 10.3 Å². The highest BCUT2D eigenvalue weighted by molar-refractivity contribution is 5.90. The molecule has 102 valence electrons. The van der Waals surface area contributed by atoms with Gasteiger partial charge >= 0.3 is 11.8 Å². The van der Waals surface area contributed by atoms with Gasteiger partial charge in [0.2, 0.25) is 0 Å². The number of anilines is 2. The van der Waals surface area contributed by atoms with Gasteiger partial charge in [-0.1, -0.05) is 0 Å². The van der Waals surface area contributed by atoms with Crippen molar-refractivity contribution in [1.29, 1.82) is 0 Å². The topological polar surface area (TPSA) is 105 Å². The van der Waals surface area contributed by atoms with Crippen LogP contribution in [0.1, 0.15) is 15.9 Å². The first-order valence-corrected chi connectivity index (χ1v) is 5.69. The summed E-state index contributed by atoms with van der Waals surface area (Å²) >= 11 is 0. The highest BCUT2D eigenvalue weighted by atomic mass is 16.6. The Bertz CT molecular complexity index is 668. The molecule has 2 rings (SSSR count). The van der Waals surface area contributed by atoms with E-state index in [1.807, 2.05) is 0 Å². The third-order valence-electron chi connectivity index (χ3n) is 2.68. The third kappa shape index (κ3) is 2.89. The van der Waals surface area contributed by atoms with Crippen LogP contribution in [0.25, 0.3) is 0 Å². The minimum atomic E-state index is -0.981. The van der Waals surface area contributed by atoms with Gasteiger partial charge in [-0.05, 0) is 46.7 Å². The summed E-state index contributed by atoms with van der Waals surface area (Å²) in [6.07, 6.45) is 1.35. The Labute approximate surface area is 114 Å². The molecule has 0 fully saturated rings. The molecule has 0 atom stereocenters. The van der Waals surface area contributed by atoms with Crippen molar-refractivity contribution in [1.82, 2.24) is 4.98 Å². The molecule has 0 aliphatic rings. The van der Waals surface area contributed by atoms with Crippen LogP contribution in [0, 0.1) is 17.0 Å². The number of benzene rings is 1. The first-order chi connectivity index (χ1) is 9.47. The molecule has 7 nitrogen and oxygen atoms in total.